The van der Waals surface area contributed by atoms with Crippen LogP contribution in [-0.4, -0.2) is 16.6 Å². The maximum absolute atomic E-state index is 12.3. The van der Waals surface area contributed by atoms with Crippen molar-refractivity contribution >= 4 is 11.8 Å². The van der Waals surface area contributed by atoms with Crippen LogP contribution in [0.1, 0.15) is 51.0 Å². The maximum atomic E-state index is 12.3. The third-order valence-electron chi connectivity index (χ3n) is 5.45. The topological polar surface area (TPSA) is 50.4 Å². The smallest absolute Gasteiger partial charge is 0.343 e. The van der Waals surface area contributed by atoms with Crippen LogP contribution in [0.15, 0.2) is 45.6 Å². The summed E-state index contributed by atoms with van der Waals surface area (Å²) in [5, 5.41) is 10.3. The molecule has 3 rings (SSSR count). The van der Waals surface area contributed by atoms with Crippen molar-refractivity contribution < 1.29 is 9.52 Å². The van der Waals surface area contributed by atoms with E-state index in [0.717, 1.165) is 23.7 Å². The lowest BCUT2D eigenvalue weighted by Crippen LogP contribution is -2.12. The van der Waals surface area contributed by atoms with Gasteiger partial charge in [-0.3, -0.25) is 0 Å². The lowest BCUT2D eigenvalue weighted by molar-refractivity contribution is 0.390. The Balaban J connectivity index is 1.50. The van der Waals surface area contributed by atoms with E-state index in [0.29, 0.717) is 23.7 Å². The van der Waals surface area contributed by atoms with Crippen LogP contribution in [0.3, 0.4) is 0 Å². The van der Waals surface area contributed by atoms with Gasteiger partial charge in [-0.1, -0.05) is 56.5 Å². The standard InChI is InChI=1S/C23H30O3S/c1-17(15-27-16-18-8-4-2-5-9-18)12-13-20-21(24)14-22(26-23(20)25)19-10-6-3-7-11-19/h3,6-7,10-11,14,17-18,24H,2,4-5,8-9,12-13,15-16H2,1H3. The van der Waals surface area contributed by atoms with Gasteiger partial charge >= 0.3 is 5.63 Å². The van der Waals surface area contributed by atoms with Crippen molar-refractivity contribution in [2.75, 3.05) is 11.5 Å². The average molecular weight is 387 g/mol. The van der Waals surface area contributed by atoms with Crippen molar-refractivity contribution in [1.82, 2.24) is 0 Å². The molecule has 146 valence electrons. The van der Waals surface area contributed by atoms with E-state index in [1.165, 1.54) is 37.9 Å². The molecular formula is C23H30O3S. The second kappa shape index (κ2) is 10.0. The van der Waals surface area contributed by atoms with Crippen molar-refractivity contribution in [1.29, 1.82) is 0 Å². The Morgan fingerprint density at radius 1 is 1.19 bits per heavy atom. The lowest BCUT2D eigenvalue weighted by Gasteiger charge is -2.21. The van der Waals surface area contributed by atoms with Gasteiger partial charge in [-0.2, -0.15) is 11.8 Å². The largest absolute Gasteiger partial charge is 0.507 e. The van der Waals surface area contributed by atoms with Crippen LogP contribution in [0, 0.1) is 11.8 Å². The fourth-order valence-electron chi connectivity index (χ4n) is 3.75. The molecule has 3 nitrogen and oxygen atoms in total. The van der Waals surface area contributed by atoms with Gasteiger partial charge in [-0.15, -0.1) is 0 Å². The molecule has 2 aromatic rings. The summed E-state index contributed by atoms with van der Waals surface area (Å²) in [5.74, 6) is 4.27. The number of benzene rings is 1. The van der Waals surface area contributed by atoms with Crippen molar-refractivity contribution in [2.45, 2.75) is 51.9 Å². The molecule has 1 unspecified atom stereocenters. The van der Waals surface area contributed by atoms with E-state index >= 15 is 0 Å². The highest BCUT2D eigenvalue weighted by molar-refractivity contribution is 7.99. The minimum atomic E-state index is -0.420. The van der Waals surface area contributed by atoms with E-state index in [1.54, 1.807) is 6.07 Å². The molecule has 1 aromatic heterocycles. The molecule has 1 aliphatic rings. The molecule has 0 spiro atoms. The van der Waals surface area contributed by atoms with E-state index < -0.39 is 5.63 Å². The summed E-state index contributed by atoms with van der Waals surface area (Å²) in [7, 11) is 0. The van der Waals surface area contributed by atoms with E-state index in [4.69, 9.17) is 4.42 Å². The number of thioether (sulfide) groups is 1. The molecule has 0 aliphatic heterocycles. The molecule has 1 heterocycles. The van der Waals surface area contributed by atoms with Crippen molar-refractivity contribution in [3.63, 3.8) is 0 Å². The van der Waals surface area contributed by atoms with Gasteiger partial charge in [0.15, 0.2) is 0 Å². The van der Waals surface area contributed by atoms with Crippen LogP contribution in [-0.2, 0) is 6.42 Å². The minimum absolute atomic E-state index is 0.0483. The average Bonchev–Trinajstić information content (AvgIpc) is 2.69. The predicted octanol–water partition coefficient (Wildman–Crippen LogP) is 5.89. The maximum Gasteiger partial charge on any atom is 0.343 e. The Morgan fingerprint density at radius 3 is 2.63 bits per heavy atom. The summed E-state index contributed by atoms with van der Waals surface area (Å²) in [5.41, 5.74) is 0.777. The molecule has 1 fully saturated rings. The zero-order chi connectivity index (χ0) is 19.1. The van der Waals surface area contributed by atoms with Crippen molar-refractivity contribution in [3.05, 3.63) is 52.4 Å². The molecule has 0 bridgehead atoms. The van der Waals surface area contributed by atoms with Gasteiger partial charge < -0.3 is 9.52 Å². The van der Waals surface area contributed by atoms with Gasteiger partial charge in [0.1, 0.15) is 11.5 Å². The Bertz CT molecular complexity index is 763. The summed E-state index contributed by atoms with van der Waals surface area (Å²) in [6.07, 6.45) is 8.44. The van der Waals surface area contributed by atoms with E-state index in [2.05, 4.69) is 6.92 Å². The molecular weight excluding hydrogens is 356 g/mol. The molecule has 0 saturated heterocycles. The third kappa shape index (κ3) is 5.90. The van der Waals surface area contributed by atoms with Crippen molar-refractivity contribution in [3.8, 4) is 17.1 Å². The fraction of sp³-hybridized carbons (Fsp3) is 0.522. The van der Waals surface area contributed by atoms with Crippen LogP contribution < -0.4 is 5.63 Å². The second-order valence-electron chi connectivity index (χ2n) is 7.81. The van der Waals surface area contributed by atoms with Gasteiger partial charge in [-0.25, -0.2) is 4.79 Å². The molecule has 4 heteroatoms. The number of hydrogen-bond acceptors (Lipinski definition) is 4. The van der Waals surface area contributed by atoms with Gasteiger partial charge in [0.2, 0.25) is 0 Å². The first kappa shape index (κ1) is 20.1. The molecule has 1 saturated carbocycles. The first-order valence-corrected chi connectivity index (χ1v) is 11.3. The van der Waals surface area contributed by atoms with E-state index in [-0.39, 0.29) is 5.75 Å². The third-order valence-corrected chi connectivity index (χ3v) is 6.96. The quantitative estimate of drug-likeness (QED) is 0.614. The first-order valence-electron chi connectivity index (χ1n) is 10.1. The number of hydrogen-bond donors (Lipinski definition) is 1. The van der Waals surface area contributed by atoms with Gasteiger partial charge in [0.05, 0.1) is 5.56 Å². The van der Waals surface area contributed by atoms with E-state index in [9.17, 15) is 9.90 Å². The van der Waals surface area contributed by atoms with Gasteiger partial charge in [-0.05, 0) is 49.0 Å². The zero-order valence-electron chi connectivity index (χ0n) is 16.2. The fourth-order valence-corrected chi connectivity index (χ4v) is 5.12. The molecule has 1 aromatic carbocycles. The second-order valence-corrected chi connectivity index (χ2v) is 8.89. The number of aromatic hydroxyl groups is 1. The lowest BCUT2D eigenvalue weighted by atomic mass is 9.91. The molecule has 1 atom stereocenters. The summed E-state index contributed by atoms with van der Waals surface area (Å²) < 4.78 is 5.45. The van der Waals surface area contributed by atoms with Gasteiger partial charge in [0, 0.05) is 11.6 Å². The Kier molecular flexibility index (Phi) is 7.45. The summed E-state index contributed by atoms with van der Waals surface area (Å²) >= 11 is 2.05. The highest BCUT2D eigenvalue weighted by Crippen LogP contribution is 2.29. The summed E-state index contributed by atoms with van der Waals surface area (Å²) in [6.45, 7) is 2.23. The van der Waals surface area contributed by atoms with Gasteiger partial charge in [0.25, 0.3) is 0 Å². The Labute approximate surface area is 166 Å². The monoisotopic (exact) mass is 386 g/mol. The Morgan fingerprint density at radius 2 is 1.93 bits per heavy atom. The zero-order valence-corrected chi connectivity index (χ0v) is 17.0. The molecule has 0 radical (unpaired) electrons. The first-order chi connectivity index (χ1) is 13.1. The predicted molar refractivity (Wildman–Crippen MR) is 113 cm³/mol. The highest BCUT2D eigenvalue weighted by Gasteiger charge is 2.16. The minimum Gasteiger partial charge on any atom is -0.507 e. The normalized spacial score (nSPS) is 16.3. The van der Waals surface area contributed by atoms with Crippen LogP contribution in [0.2, 0.25) is 0 Å². The summed E-state index contributed by atoms with van der Waals surface area (Å²) in [4.78, 5) is 12.3. The Hall–Kier alpha value is -1.68. The van der Waals surface area contributed by atoms with Crippen molar-refractivity contribution in [2.24, 2.45) is 11.8 Å². The SMILES string of the molecule is CC(CCc1c(O)cc(-c2ccccc2)oc1=O)CSCC1CCCCC1. The summed E-state index contributed by atoms with van der Waals surface area (Å²) in [6, 6.07) is 11.0. The van der Waals surface area contributed by atoms with Crippen LogP contribution in [0.4, 0.5) is 0 Å². The molecule has 1 N–H and O–H groups in total. The van der Waals surface area contributed by atoms with Crippen LogP contribution in [0.25, 0.3) is 11.3 Å². The van der Waals surface area contributed by atoms with E-state index in [1.807, 2.05) is 42.1 Å². The van der Waals surface area contributed by atoms with Crippen LogP contribution >= 0.6 is 11.8 Å². The number of rotatable bonds is 8. The van der Waals surface area contributed by atoms with Crippen LogP contribution in [0.5, 0.6) is 5.75 Å². The molecule has 1 aliphatic carbocycles. The highest BCUT2D eigenvalue weighted by atomic mass is 32.2. The molecule has 27 heavy (non-hydrogen) atoms. The molecule has 0 amide bonds.